The van der Waals surface area contributed by atoms with Crippen LogP contribution in [0.1, 0.15) is 12.8 Å². The Balaban J connectivity index is 1.96. The molecule has 0 amide bonds. The van der Waals surface area contributed by atoms with E-state index in [1.54, 1.807) is 0 Å². The van der Waals surface area contributed by atoms with E-state index < -0.39 is 0 Å². The van der Waals surface area contributed by atoms with Gasteiger partial charge >= 0.3 is 5.97 Å². The van der Waals surface area contributed by atoms with E-state index in [0.717, 1.165) is 19.6 Å². The quantitative estimate of drug-likeness (QED) is 0.644. The highest BCUT2D eigenvalue weighted by atomic mass is 16.5. The lowest BCUT2D eigenvalue weighted by molar-refractivity contribution is -0.147. The summed E-state index contributed by atoms with van der Waals surface area (Å²) in [6, 6.07) is 0.361. The second kappa shape index (κ2) is 5.12. The largest absolute Gasteiger partial charge is 0.468 e. The predicted octanol–water partition coefficient (Wildman–Crippen LogP) is -0.733. The van der Waals surface area contributed by atoms with E-state index in [1.807, 2.05) is 0 Å². The fourth-order valence-electron chi connectivity index (χ4n) is 2.83. The van der Waals surface area contributed by atoms with Crippen molar-refractivity contribution in [3.63, 3.8) is 0 Å². The minimum Gasteiger partial charge on any atom is -0.468 e. The van der Waals surface area contributed by atoms with Gasteiger partial charge in [0.2, 0.25) is 0 Å². The molecule has 2 aliphatic heterocycles. The lowest BCUT2D eigenvalue weighted by Gasteiger charge is -2.40. The molecular weight excluding hydrogens is 206 g/mol. The summed E-state index contributed by atoms with van der Waals surface area (Å²) in [5.74, 6) is -0.200. The summed E-state index contributed by atoms with van der Waals surface area (Å²) in [7, 11) is 1.43. The zero-order chi connectivity index (χ0) is 11.5. The summed E-state index contributed by atoms with van der Waals surface area (Å²) in [6.07, 6.45) is 2.53. The Hall–Kier alpha value is -0.650. The molecule has 92 valence electrons. The maximum atomic E-state index is 11.6. The van der Waals surface area contributed by atoms with Crippen molar-refractivity contribution in [2.24, 2.45) is 5.73 Å². The van der Waals surface area contributed by atoms with Gasteiger partial charge in [-0.3, -0.25) is 14.6 Å². The number of nitrogens with zero attached hydrogens (tertiary/aromatic N) is 2. The van der Waals surface area contributed by atoms with Crippen LogP contribution in [0.3, 0.4) is 0 Å². The lowest BCUT2D eigenvalue weighted by Crippen LogP contribution is -2.57. The molecule has 0 aliphatic carbocycles. The Kier molecular flexibility index (Phi) is 3.78. The van der Waals surface area contributed by atoms with Gasteiger partial charge in [-0.15, -0.1) is 0 Å². The average Bonchev–Trinajstić information content (AvgIpc) is 2.77. The summed E-state index contributed by atoms with van der Waals surface area (Å²) >= 11 is 0. The van der Waals surface area contributed by atoms with E-state index in [-0.39, 0.29) is 12.0 Å². The van der Waals surface area contributed by atoms with Crippen molar-refractivity contribution in [1.29, 1.82) is 0 Å². The van der Waals surface area contributed by atoms with Gasteiger partial charge in [0, 0.05) is 32.2 Å². The molecule has 2 atom stereocenters. The number of hydrogen-bond acceptors (Lipinski definition) is 5. The van der Waals surface area contributed by atoms with Gasteiger partial charge < -0.3 is 10.5 Å². The molecule has 16 heavy (non-hydrogen) atoms. The molecule has 0 bridgehead atoms. The summed E-state index contributed by atoms with van der Waals surface area (Å²) in [5, 5.41) is 0. The van der Waals surface area contributed by atoms with Crippen molar-refractivity contribution >= 4 is 5.97 Å². The Bertz CT molecular complexity index is 260. The number of esters is 1. The number of carbonyl (C=O) groups excluding carboxylic acids is 1. The molecular formula is C11H21N3O2. The van der Waals surface area contributed by atoms with E-state index >= 15 is 0 Å². The molecule has 2 unspecified atom stereocenters. The van der Waals surface area contributed by atoms with Crippen molar-refractivity contribution in [2.75, 3.05) is 39.8 Å². The van der Waals surface area contributed by atoms with Gasteiger partial charge in [0.25, 0.3) is 0 Å². The maximum absolute atomic E-state index is 11.6. The molecule has 2 N–H and O–H groups in total. The summed E-state index contributed by atoms with van der Waals surface area (Å²) < 4.78 is 4.79. The third-order valence-electron chi connectivity index (χ3n) is 3.76. The Labute approximate surface area is 96.5 Å². The Morgan fingerprint density at radius 2 is 2.31 bits per heavy atom. The monoisotopic (exact) mass is 227 g/mol. The van der Waals surface area contributed by atoms with Crippen LogP contribution in [0.4, 0.5) is 0 Å². The highest BCUT2D eigenvalue weighted by molar-refractivity contribution is 5.75. The fraction of sp³-hybridized carbons (Fsp3) is 0.909. The van der Waals surface area contributed by atoms with E-state index in [1.165, 1.54) is 26.5 Å². The SMILES string of the molecule is COC(=O)C(CN)N1CCN2CCCC2C1. The zero-order valence-electron chi connectivity index (χ0n) is 9.89. The molecule has 0 saturated carbocycles. The molecule has 2 saturated heterocycles. The number of methoxy groups -OCH3 is 1. The van der Waals surface area contributed by atoms with E-state index in [0.29, 0.717) is 12.6 Å². The second-order valence-corrected chi connectivity index (χ2v) is 4.60. The first-order valence-electron chi connectivity index (χ1n) is 6.02. The maximum Gasteiger partial charge on any atom is 0.324 e. The number of ether oxygens (including phenoxy) is 1. The van der Waals surface area contributed by atoms with Gasteiger partial charge in [-0.2, -0.15) is 0 Å². The third kappa shape index (κ3) is 2.21. The van der Waals surface area contributed by atoms with Crippen LogP contribution in [0.25, 0.3) is 0 Å². The van der Waals surface area contributed by atoms with Crippen molar-refractivity contribution in [3.8, 4) is 0 Å². The first-order valence-corrected chi connectivity index (χ1v) is 6.02. The van der Waals surface area contributed by atoms with Crippen LogP contribution in [0.2, 0.25) is 0 Å². The van der Waals surface area contributed by atoms with E-state index in [2.05, 4.69) is 9.80 Å². The van der Waals surface area contributed by atoms with Gasteiger partial charge in [0.05, 0.1) is 7.11 Å². The topological polar surface area (TPSA) is 58.8 Å². The summed E-state index contributed by atoms with van der Waals surface area (Å²) in [5.41, 5.74) is 5.66. The molecule has 0 aromatic rings. The van der Waals surface area contributed by atoms with E-state index in [9.17, 15) is 4.79 Å². The van der Waals surface area contributed by atoms with Gasteiger partial charge in [0.1, 0.15) is 6.04 Å². The predicted molar refractivity (Wildman–Crippen MR) is 61.0 cm³/mol. The number of fused-ring (bicyclic) bond motifs is 1. The van der Waals surface area contributed by atoms with Crippen LogP contribution >= 0.6 is 0 Å². The standard InChI is InChI=1S/C11H21N3O2/c1-16-11(15)10(7-12)14-6-5-13-4-2-3-9(13)8-14/h9-10H,2-8,12H2,1H3. The van der Waals surface area contributed by atoms with Crippen molar-refractivity contribution < 1.29 is 9.53 Å². The van der Waals surface area contributed by atoms with Gasteiger partial charge in [0.15, 0.2) is 0 Å². The smallest absolute Gasteiger partial charge is 0.324 e. The minimum absolute atomic E-state index is 0.200. The number of nitrogens with two attached hydrogens (primary N) is 1. The van der Waals surface area contributed by atoms with Gasteiger partial charge in [-0.25, -0.2) is 0 Å². The lowest BCUT2D eigenvalue weighted by atomic mass is 10.1. The molecule has 5 heteroatoms. The summed E-state index contributed by atoms with van der Waals surface area (Å²) in [6.45, 7) is 4.49. The molecule has 5 nitrogen and oxygen atoms in total. The van der Waals surface area contributed by atoms with Gasteiger partial charge in [-0.1, -0.05) is 0 Å². The van der Waals surface area contributed by atoms with Crippen LogP contribution in [0.15, 0.2) is 0 Å². The second-order valence-electron chi connectivity index (χ2n) is 4.60. The molecule has 2 heterocycles. The van der Waals surface area contributed by atoms with Crippen molar-refractivity contribution in [1.82, 2.24) is 9.80 Å². The third-order valence-corrected chi connectivity index (χ3v) is 3.76. The zero-order valence-corrected chi connectivity index (χ0v) is 9.89. The first kappa shape index (κ1) is 11.8. The minimum atomic E-state index is -0.257. The van der Waals surface area contributed by atoms with Crippen LogP contribution in [-0.2, 0) is 9.53 Å². The van der Waals surface area contributed by atoms with Crippen LogP contribution in [0, 0.1) is 0 Å². The fourth-order valence-corrected chi connectivity index (χ4v) is 2.83. The normalized spacial score (nSPS) is 28.8. The number of carbonyl (C=O) groups is 1. The van der Waals surface area contributed by atoms with Crippen LogP contribution < -0.4 is 5.73 Å². The molecule has 0 radical (unpaired) electrons. The number of rotatable bonds is 3. The van der Waals surface area contributed by atoms with Crippen molar-refractivity contribution in [3.05, 3.63) is 0 Å². The Morgan fingerprint density at radius 1 is 1.50 bits per heavy atom. The number of piperazine rings is 1. The van der Waals surface area contributed by atoms with Crippen LogP contribution in [-0.4, -0.2) is 67.7 Å². The molecule has 2 rings (SSSR count). The van der Waals surface area contributed by atoms with E-state index in [4.69, 9.17) is 10.5 Å². The average molecular weight is 227 g/mol. The first-order chi connectivity index (χ1) is 7.76. The molecule has 0 aromatic carbocycles. The van der Waals surface area contributed by atoms with Crippen LogP contribution in [0.5, 0.6) is 0 Å². The van der Waals surface area contributed by atoms with Crippen molar-refractivity contribution in [2.45, 2.75) is 24.9 Å². The highest BCUT2D eigenvalue weighted by Crippen LogP contribution is 2.22. The summed E-state index contributed by atoms with van der Waals surface area (Å²) in [4.78, 5) is 16.3. The Morgan fingerprint density at radius 3 is 3.00 bits per heavy atom. The molecule has 0 aromatic heterocycles. The number of hydrogen-bond donors (Lipinski definition) is 1. The molecule has 2 fully saturated rings. The molecule has 2 aliphatic rings. The highest BCUT2D eigenvalue weighted by Gasteiger charge is 2.35. The molecule has 0 spiro atoms. The van der Waals surface area contributed by atoms with Gasteiger partial charge in [-0.05, 0) is 19.4 Å².